The molecule has 1 saturated heterocycles. The Morgan fingerprint density at radius 1 is 0.966 bits per heavy atom. The first-order valence-corrected chi connectivity index (χ1v) is 9.92. The highest BCUT2D eigenvalue weighted by Gasteiger charge is 2.16. The summed E-state index contributed by atoms with van der Waals surface area (Å²) in [6.07, 6.45) is 1.99. The summed E-state index contributed by atoms with van der Waals surface area (Å²) in [6.45, 7) is 5.47. The molecule has 0 saturated carbocycles. The molecular weight excluding hydrogens is 364 g/mol. The minimum Gasteiger partial charge on any atom is -0.334 e. The lowest BCUT2D eigenvalue weighted by molar-refractivity contribution is 0.148. The van der Waals surface area contributed by atoms with E-state index in [4.69, 9.17) is 4.52 Å². The second-order valence-corrected chi connectivity index (χ2v) is 7.75. The first-order chi connectivity index (χ1) is 14.2. The number of rotatable bonds is 4. The van der Waals surface area contributed by atoms with Crippen molar-refractivity contribution in [1.82, 2.24) is 29.7 Å². The van der Waals surface area contributed by atoms with Gasteiger partial charge in [-0.1, -0.05) is 29.4 Å². The number of aromatic nitrogens is 4. The van der Waals surface area contributed by atoms with Gasteiger partial charge in [-0.3, -0.25) is 9.58 Å². The van der Waals surface area contributed by atoms with Crippen LogP contribution < -0.4 is 0 Å². The molecule has 1 fully saturated rings. The van der Waals surface area contributed by atoms with Gasteiger partial charge < -0.3 is 9.42 Å². The normalized spacial score (nSPS) is 15.9. The molecule has 0 aliphatic carbocycles. The molecule has 4 aromatic rings. The van der Waals surface area contributed by atoms with Crippen LogP contribution in [0.2, 0.25) is 0 Å². The molecule has 2 aromatic heterocycles. The van der Waals surface area contributed by atoms with Gasteiger partial charge in [0.15, 0.2) is 0 Å². The summed E-state index contributed by atoms with van der Waals surface area (Å²) >= 11 is 0. The highest BCUT2D eigenvalue weighted by Crippen LogP contribution is 2.27. The van der Waals surface area contributed by atoms with Crippen molar-refractivity contribution in [3.8, 4) is 22.8 Å². The number of benzene rings is 2. The van der Waals surface area contributed by atoms with Crippen LogP contribution in [0.5, 0.6) is 0 Å². The third-order valence-corrected chi connectivity index (χ3v) is 5.52. The van der Waals surface area contributed by atoms with E-state index in [1.54, 1.807) is 4.68 Å². The first-order valence-electron chi connectivity index (χ1n) is 9.92. The summed E-state index contributed by atoms with van der Waals surface area (Å²) in [6, 6.07) is 14.4. The quantitative estimate of drug-likeness (QED) is 0.535. The van der Waals surface area contributed by atoms with Gasteiger partial charge >= 0.3 is 0 Å². The molecule has 5 rings (SSSR count). The summed E-state index contributed by atoms with van der Waals surface area (Å²) in [4.78, 5) is 9.49. The fourth-order valence-electron chi connectivity index (χ4n) is 3.81. The van der Waals surface area contributed by atoms with Crippen LogP contribution in [0.15, 0.2) is 53.2 Å². The number of likely N-dealkylation sites (N-methyl/N-ethyl adjacent to an activating group) is 1. The largest absolute Gasteiger partial charge is 0.334 e. The van der Waals surface area contributed by atoms with E-state index in [-0.39, 0.29) is 0 Å². The minimum absolute atomic E-state index is 0.527. The molecule has 0 bridgehead atoms. The predicted octanol–water partition coefficient (Wildman–Crippen LogP) is 3.04. The van der Waals surface area contributed by atoms with Crippen molar-refractivity contribution in [1.29, 1.82) is 0 Å². The number of piperazine rings is 1. The predicted molar refractivity (Wildman–Crippen MR) is 112 cm³/mol. The topological polar surface area (TPSA) is 63.2 Å². The molecule has 1 aliphatic heterocycles. The Hall–Kier alpha value is -3.03. The van der Waals surface area contributed by atoms with Gasteiger partial charge in [0.25, 0.3) is 5.89 Å². The van der Waals surface area contributed by atoms with Crippen LogP contribution in [0.25, 0.3) is 33.7 Å². The van der Waals surface area contributed by atoms with E-state index in [0.717, 1.165) is 54.8 Å². The van der Waals surface area contributed by atoms with Crippen molar-refractivity contribution >= 4 is 10.9 Å². The van der Waals surface area contributed by atoms with Gasteiger partial charge in [0.1, 0.15) is 5.52 Å². The summed E-state index contributed by atoms with van der Waals surface area (Å²) in [7, 11) is 4.09. The van der Waals surface area contributed by atoms with E-state index in [0.29, 0.717) is 11.7 Å². The molecule has 0 amide bonds. The SMILES string of the molecule is CN1CCN(Cc2ccc(-c3nc(-c4cccc5cn(C)nc45)no3)cc2)CC1. The number of aryl methyl sites for hydroxylation is 1. The molecule has 2 aromatic carbocycles. The molecule has 3 heterocycles. The van der Waals surface area contributed by atoms with Crippen LogP contribution in [0.4, 0.5) is 0 Å². The summed E-state index contributed by atoms with van der Waals surface area (Å²) in [5, 5.41) is 9.79. The van der Waals surface area contributed by atoms with E-state index in [1.165, 1.54) is 5.56 Å². The van der Waals surface area contributed by atoms with Gasteiger partial charge in [0, 0.05) is 56.9 Å². The van der Waals surface area contributed by atoms with E-state index in [9.17, 15) is 0 Å². The highest BCUT2D eigenvalue weighted by molar-refractivity contribution is 5.91. The first kappa shape index (κ1) is 18.0. The van der Waals surface area contributed by atoms with E-state index >= 15 is 0 Å². The Labute approximate surface area is 169 Å². The minimum atomic E-state index is 0.527. The lowest BCUT2D eigenvalue weighted by Crippen LogP contribution is -2.43. The second-order valence-electron chi connectivity index (χ2n) is 7.75. The zero-order chi connectivity index (χ0) is 19.8. The smallest absolute Gasteiger partial charge is 0.258 e. The summed E-state index contributed by atoms with van der Waals surface area (Å²) < 4.78 is 7.35. The number of nitrogens with zero attached hydrogens (tertiary/aromatic N) is 6. The standard InChI is InChI=1S/C22H24N6O/c1-26-10-12-28(13-11-26)14-16-6-8-17(9-7-16)22-23-21(25-29-22)19-5-3-4-18-15-27(2)24-20(18)19/h3-9,15H,10-14H2,1-2H3. The summed E-state index contributed by atoms with van der Waals surface area (Å²) in [5.74, 6) is 1.09. The monoisotopic (exact) mass is 388 g/mol. The van der Waals surface area contributed by atoms with Crippen molar-refractivity contribution in [2.45, 2.75) is 6.54 Å². The van der Waals surface area contributed by atoms with Gasteiger partial charge in [0.05, 0.1) is 5.56 Å². The highest BCUT2D eigenvalue weighted by atomic mass is 16.5. The lowest BCUT2D eigenvalue weighted by atomic mass is 10.1. The lowest BCUT2D eigenvalue weighted by Gasteiger charge is -2.32. The fraction of sp³-hybridized carbons (Fsp3) is 0.318. The Morgan fingerprint density at radius 2 is 1.76 bits per heavy atom. The molecule has 7 nitrogen and oxygen atoms in total. The summed E-state index contributed by atoms with van der Waals surface area (Å²) in [5.41, 5.74) is 3.99. The molecule has 148 valence electrons. The number of hydrogen-bond acceptors (Lipinski definition) is 6. The van der Waals surface area contributed by atoms with Crippen LogP contribution in [0.1, 0.15) is 5.56 Å². The van der Waals surface area contributed by atoms with Crippen LogP contribution in [0, 0.1) is 0 Å². The Balaban J connectivity index is 1.35. The van der Waals surface area contributed by atoms with Crippen LogP contribution in [-0.4, -0.2) is 62.9 Å². The van der Waals surface area contributed by atoms with Crippen molar-refractivity contribution < 1.29 is 4.52 Å². The van der Waals surface area contributed by atoms with Crippen LogP contribution in [0.3, 0.4) is 0 Å². The Bertz CT molecular complexity index is 1120. The fourth-order valence-corrected chi connectivity index (χ4v) is 3.81. The average molecular weight is 388 g/mol. The molecule has 1 aliphatic rings. The van der Waals surface area contributed by atoms with Crippen LogP contribution in [-0.2, 0) is 13.6 Å². The molecule has 0 unspecified atom stereocenters. The maximum atomic E-state index is 5.55. The van der Waals surface area contributed by atoms with Gasteiger partial charge in [-0.15, -0.1) is 0 Å². The van der Waals surface area contributed by atoms with Gasteiger partial charge in [-0.2, -0.15) is 10.1 Å². The number of hydrogen-bond donors (Lipinski definition) is 0. The zero-order valence-corrected chi connectivity index (χ0v) is 16.7. The van der Waals surface area contributed by atoms with Gasteiger partial charge in [0.2, 0.25) is 5.82 Å². The molecule has 0 spiro atoms. The molecule has 7 heteroatoms. The molecule has 0 atom stereocenters. The average Bonchev–Trinajstić information content (AvgIpc) is 3.36. The van der Waals surface area contributed by atoms with E-state index in [1.807, 2.05) is 31.4 Å². The Kier molecular flexibility index (Phi) is 4.61. The van der Waals surface area contributed by atoms with Crippen molar-refractivity contribution in [2.24, 2.45) is 7.05 Å². The van der Waals surface area contributed by atoms with Crippen molar-refractivity contribution in [3.05, 3.63) is 54.2 Å². The zero-order valence-electron chi connectivity index (χ0n) is 16.7. The molecule has 0 radical (unpaired) electrons. The maximum absolute atomic E-state index is 5.55. The third kappa shape index (κ3) is 3.66. The van der Waals surface area contributed by atoms with Crippen LogP contribution >= 0.6 is 0 Å². The number of fused-ring (bicyclic) bond motifs is 1. The van der Waals surface area contributed by atoms with Gasteiger partial charge in [-0.05, 0) is 30.8 Å². The second kappa shape index (κ2) is 7.42. The molecule has 0 N–H and O–H groups in total. The van der Waals surface area contributed by atoms with E-state index < -0.39 is 0 Å². The van der Waals surface area contributed by atoms with Gasteiger partial charge in [-0.25, -0.2) is 0 Å². The van der Waals surface area contributed by atoms with E-state index in [2.05, 4.69) is 56.4 Å². The van der Waals surface area contributed by atoms with Crippen molar-refractivity contribution in [2.75, 3.05) is 33.2 Å². The maximum Gasteiger partial charge on any atom is 0.258 e. The Morgan fingerprint density at radius 3 is 2.55 bits per heavy atom. The molecular formula is C22H24N6O. The molecule has 29 heavy (non-hydrogen) atoms. The third-order valence-electron chi connectivity index (χ3n) is 5.52. The van der Waals surface area contributed by atoms with Crippen molar-refractivity contribution in [3.63, 3.8) is 0 Å².